The van der Waals surface area contributed by atoms with Gasteiger partial charge in [-0.05, 0) is 13.3 Å². The van der Waals surface area contributed by atoms with E-state index in [4.69, 9.17) is 4.74 Å². The molecule has 1 unspecified atom stereocenters. The Kier molecular flexibility index (Phi) is 4.28. The van der Waals surface area contributed by atoms with Crippen molar-refractivity contribution in [2.75, 3.05) is 13.7 Å². The first-order valence-corrected chi connectivity index (χ1v) is 5.12. The molecule has 2 amide bonds. The number of imide groups is 1. The highest BCUT2D eigenvalue weighted by Gasteiger charge is 2.34. The Balaban J connectivity index is 2.35. The second kappa shape index (κ2) is 5.48. The monoisotopic (exact) mass is 229 g/mol. The van der Waals surface area contributed by atoms with Gasteiger partial charge in [-0.25, -0.2) is 9.69 Å². The van der Waals surface area contributed by atoms with Gasteiger partial charge in [-0.1, -0.05) is 0 Å². The molecule has 0 aromatic carbocycles. The quantitative estimate of drug-likeness (QED) is 0.663. The van der Waals surface area contributed by atoms with E-state index in [1.807, 2.05) is 0 Å². The van der Waals surface area contributed by atoms with Crippen LogP contribution in [0.25, 0.3) is 0 Å². The molecular weight excluding hydrogens is 214 g/mol. The Labute approximate surface area is 93.5 Å². The fraction of sp³-hybridized carbons (Fsp3) is 0.700. The summed E-state index contributed by atoms with van der Waals surface area (Å²) in [4.78, 5) is 34.7. The number of ether oxygens (including phenoxy) is 2. The summed E-state index contributed by atoms with van der Waals surface area (Å²) >= 11 is 0. The van der Waals surface area contributed by atoms with Crippen molar-refractivity contribution in [2.45, 2.75) is 32.2 Å². The topological polar surface area (TPSA) is 72.9 Å². The molecular formula is C10H15NO5. The van der Waals surface area contributed by atoms with Crippen LogP contribution in [-0.4, -0.2) is 42.6 Å². The summed E-state index contributed by atoms with van der Waals surface area (Å²) in [7, 11) is 1.30. The number of nitrogens with zero attached hydrogens (tertiary/aromatic N) is 1. The van der Waals surface area contributed by atoms with Crippen LogP contribution in [0.1, 0.15) is 26.2 Å². The summed E-state index contributed by atoms with van der Waals surface area (Å²) in [5, 5.41) is 0. The largest absolute Gasteiger partial charge is 0.469 e. The molecule has 16 heavy (non-hydrogen) atoms. The van der Waals surface area contributed by atoms with Gasteiger partial charge in [0.2, 0.25) is 5.91 Å². The standard InChI is InChI=1S/C10H15NO5/c1-7-6-16-10(14)11(7)8(12)4-3-5-9(13)15-2/h7H,3-6H2,1-2H3. The molecule has 1 aliphatic heterocycles. The Morgan fingerprint density at radius 1 is 1.50 bits per heavy atom. The molecule has 0 spiro atoms. The first-order chi connectivity index (χ1) is 7.56. The third-order valence-corrected chi connectivity index (χ3v) is 2.35. The number of carbonyl (C=O) groups excluding carboxylic acids is 3. The molecule has 1 saturated heterocycles. The lowest BCUT2D eigenvalue weighted by Crippen LogP contribution is -2.37. The smallest absolute Gasteiger partial charge is 0.416 e. The van der Waals surface area contributed by atoms with E-state index in [-0.39, 0.29) is 37.4 Å². The summed E-state index contributed by atoms with van der Waals surface area (Å²) in [6, 6.07) is -0.224. The van der Waals surface area contributed by atoms with E-state index in [1.54, 1.807) is 6.92 Å². The number of hydrogen-bond acceptors (Lipinski definition) is 5. The number of rotatable bonds is 4. The van der Waals surface area contributed by atoms with Crippen molar-refractivity contribution in [3.8, 4) is 0 Å². The lowest BCUT2D eigenvalue weighted by atomic mass is 10.2. The number of esters is 1. The van der Waals surface area contributed by atoms with E-state index in [1.165, 1.54) is 7.11 Å². The minimum atomic E-state index is -0.601. The molecule has 1 atom stereocenters. The summed E-state index contributed by atoms with van der Waals surface area (Å²) in [6.45, 7) is 1.98. The maximum atomic E-state index is 11.6. The van der Waals surface area contributed by atoms with Gasteiger partial charge in [0.25, 0.3) is 0 Å². The molecule has 0 bridgehead atoms. The highest BCUT2D eigenvalue weighted by molar-refractivity contribution is 5.93. The van der Waals surface area contributed by atoms with E-state index in [0.717, 1.165) is 4.90 Å². The van der Waals surface area contributed by atoms with Crippen LogP contribution in [0.15, 0.2) is 0 Å². The van der Waals surface area contributed by atoms with Gasteiger partial charge in [0.1, 0.15) is 6.61 Å². The third-order valence-electron chi connectivity index (χ3n) is 2.35. The zero-order chi connectivity index (χ0) is 12.1. The number of hydrogen-bond donors (Lipinski definition) is 0. The molecule has 0 aromatic rings. The molecule has 0 radical (unpaired) electrons. The summed E-state index contributed by atoms with van der Waals surface area (Å²) < 4.78 is 9.17. The number of methoxy groups -OCH3 is 1. The second-order valence-electron chi connectivity index (χ2n) is 3.62. The van der Waals surface area contributed by atoms with Crippen LogP contribution in [0.2, 0.25) is 0 Å². The van der Waals surface area contributed by atoms with Gasteiger partial charge in [-0.2, -0.15) is 0 Å². The predicted octanol–water partition coefficient (Wildman–Crippen LogP) is 0.697. The van der Waals surface area contributed by atoms with Crippen LogP contribution in [0.3, 0.4) is 0 Å². The SMILES string of the molecule is COC(=O)CCCC(=O)N1C(=O)OCC1C. The Morgan fingerprint density at radius 3 is 2.69 bits per heavy atom. The number of cyclic esters (lactones) is 1. The normalized spacial score (nSPS) is 19.5. The first-order valence-electron chi connectivity index (χ1n) is 5.12. The Bertz CT molecular complexity index is 302. The van der Waals surface area contributed by atoms with Gasteiger partial charge in [0, 0.05) is 12.8 Å². The molecule has 1 fully saturated rings. The summed E-state index contributed by atoms with van der Waals surface area (Å²) in [5.74, 6) is -0.663. The maximum absolute atomic E-state index is 11.6. The predicted molar refractivity (Wildman–Crippen MR) is 53.5 cm³/mol. The summed E-state index contributed by atoms with van der Waals surface area (Å²) in [6.07, 6.45) is 0.103. The van der Waals surface area contributed by atoms with Crippen molar-refractivity contribution < 1.29 is 23.9 Å². The van der Waals surface area contributed by atoms with Crippen LogP contribution in [-0.2, 0) is 19.1 Å². The zero-order valence-corrected chi connectivity index (χ0v) is 9.39. The van der Waals surface area contributed by atoms with Gasteiger partial charge in [0.05, 0.1) is 13.2 Å². The van der Waals surface area contributed by atoms with Gasteiger partial charge in [-0.3, -0.25) is 9.59 Å². The van der Waals surface area contributed by atoms with Crippen molar-refractivity contribution in [1.82, 2.24) is 4.90 Å². The van der Waals surface area contributed by atoms with E-state index in [2.05, 4.69) is 4.74 Å². The Morgan fingerprint density at radius 2 is 2.19 bits per heavy atom. The van der Waals surface area contributed by atoms with Crippen LogP contribution in [0.4, 0.5) is 4.79 Å². The molecule has 1 aliphatic rings. The average molecular weight is 229 g/mol. The van der Waals surface area contributed by atoms with Crippen LogP contribution in [0, 0.1) is 0 Å². The fourth-order valence-electron chi connectivity index (χ4n) is 1.47. The van der Waals surface area contributed by atoms with Gasteiger partial charge < -0.3 is 9.47 Å². The lowest BCUT2D eigenvalue weighted by molar-refractivity contribution is -0.140. The molecule has 6 nitrogen and oxygen atoms in total. The summed E-state index contributed by atoms with van der Waals surface area (Å²) in [5.41, 5.74) is 0. The van der Waals surface area contributed by atoms with Crippen molar-refractivity contribution in [3.05, 3.63) is 0 Å². The molecule has 6 heteroatoms. The maximum Gasteiger partial charge on any atom is 0.416 e. The van der Waals surface area contributed by atoms with Crippen molar-refractivity contribution in [3.63, 3.8) is 0 Å². The van der Waals surface area contributed by atoms with Crippen LogP contribution in [0.5, 0.6) is 0 Å². The molecule has 0 aromatic heterocycles. The van der Waals surface area contributed by atoms with E-state index in [0.29, 0.717) is 6.42 Å². The molecule has 0 saturated carbocycles. The molecule has 0 N–H and O–H groups in total. The lowest BCUT2D eigenvalue weighted by Gasteiger charge is -2.15. The van der Waals surface area contributed by atoms with Gasteiger partial charge in [-0.15, -0.1) is 0 Å². The molecule has 0 aliphatic carbocycles. The van der Waals surface area contributed by atoms with Crippen LogP contribution < -0.4 is 0 Å². The highest BCUT2D eigenvalue weighted by Crippen LogP contribution is 2.14. The average Bonchev–Trinajstić information content (AvgIpc) is 2.58. The van der Waals surface area contributed by atoms with Crippen molar-refractivity contribution >= 4 is 18.0 Å². The second-order valence-corrected chi connectivity index (χ2v) is 3.62. The minimum Gasteiger partial charge on any atom is -0.469 e. The number of carbonyl (C=O) groups is 3. The fourth-order valence-corrected chi connectivity index (χ4v) is 1.47. The van der Waals surface area contributed by atoms with Crippen LogP contribution >= 0.6 is 0 Å². The molecule has 1 heterocycles. The van der Waals surface area contributed by atoms with Gasteiger partial charge >= 0.3 is 12.1 Å². The Hall–Kier alpha value is -1.59. The van der Waals surface area contributed by atoms with E-state index >= 15 is 0 Å². The van der Waals surface area contributed by atoms with Crippen molar-refractivity contribution in [1.29, 1.82) is 0 Å². The molecule has 90 valence electrons. The van der Waals surface area contributed by atoms with E-state index in [9.17, 15) is 14.4 Å². The highest BCUT2D eigenvalue weighted by atomic mass is 16.6. The third kappa shape index (κ3) is 2.95. The zero-order valence-electron chi connectivity index (χ0n) is 9.39. The molecule has 1 rings (SSSR count). The van der Waals surface area contributed by atoms with Crippen molar-refractivity contribution in [2.24, 2.45) is 0 Å². The minimum absolute atomic E-state index is 0.147. The van der Waals surface area contributed by atoms with E-state index < -0.39 is 6.09 Å². The number of amides is 2. The van der Waals surface area contributed by atoms with Gasteiger partial charge in [0.15, 0.2) is 0 Å². The first kappa shape index (κ1) is 12.5.